The lowest BCUT2D eigenvalue weighted by molar-refractivity contribution is -0.414. The summed E-state index contributed by atoms with van der Waals surface area (Å²) in [7, 11) is 0. The number of piperazine rings is 1. The van der Waals surface area contributed by atoms with Gasteiger partial charge in [0.25, 0.3) is 5.82 Å². The van der Waals surface area contributed by atoms with Crippen LogP contribution in [-0.4, -0.2) is 31.1 Å². The number of halogens is 2. The van der Waals surface area contributed by atoms with Crippen molar-refractivity contribution in [3.05, 3.63) is 56.7 Å². The van der Waals surface area contributed by atoms with E-state index in [9.17, 15) is 10.1 Å². The minimum Gasteiger partial charge on any atom is -0.364 e. The summed E-state index contributed by atoms with van der Waals surface area (Å²) in [4.78, 5) is 17.7. The second-order valence-electron chi connectivity index (χ2n) is 5.26. The number of aromatic amines is 1. The second kappa shape index (κ2) is 6.60. The molecule has 1 N–H and O–H groups in total. The maximum atomic E-state index is 10.7. The molecule has 120 valence electrons. The highest BCUT2D eigenvalue weighted by molar-refractivity contribution is 6.42. The molecule has 1 aromatic heterocycles. The molecule has 1 saturated heterocycles. The van der Waals surface area contributed by atoms with E-state index in [1.165, 1.54) is 12.3 Å². The molecule has 1 aliphatic heterocycles. The van der Waals surface area contributed by atoms with Crippen LogP contribution in [0.15, 0.2) is 36.5 Å². The normalized spacial score (nSPS) is 14.9. The number of anilines is 2. The molecule has 6 nitrogen and oxygen atoms in total. The van der Waals surface area contributed by atoms with E-state index in [0.717, 1.165) is 37.7 Å². The Morgan fingerprint density at radius 1 is 1.00 bits per heavy atom. The van der Waals surface area contributed by atoms with Crippen molar-refractivity contribution in [2.24, 2.45) is 0 Å². The molecule has 1 fully saturated rings. The zero-order chi connectivity index (χ0) is 16.4. The highest BCUT2D eigenvalue weighted by Gasteiger charge is 2.24. The van der Waals surface area contributed by atoms with Gasteiger partial charge in [0.05, 0.1) is 28.1 Å². The predicted molar refractivity (Wildman–Crippen MR) is 90.5 cm³/mol. The molecule has 0 radical (unpaired) electrons. The molecule has 0 unspecified atom stereocenters. The van der Waals surface area contributed by atoms with Crippen LogP contribution in [0.25, 0.3) is 0 Å². The highest BCUT2D eigenvalue weighted by atomic mass is 35.5. The van der Waals surface area contributed by atoms with E-state index < -0.39 is 4.92 Å². The molecule has 2 heterocycles. The Kier molecular flexibility index (Phi) is 4.54. The molecule has 0 spiro atoms. The van der Waals surface area contributed by atoms with Crippen LogP contribution in [-0.2, 0) is 0 Å². The third-order valence-electron chi connectivity index (χ3n) is 3.88. The molecular formula is C15H15Cl2N4O2+. The Morgan fingerprint density at radius 3 is 2.26 bits per heavy atom. The molecular weight excluding hydrogens is 339 g/mol. The van der Waals surface area contributed by atoms with Crippen LogP contribution < -0.4 is 14.8 Å². The molecule has 23 heavy (non-hydrogen) atoms. The molecule has 3 rings (SSSR count). The first-order valence-corrected chi connectivity index (χ1v) is 7.91. The van der Waals surface area contributed by atoms with E-state index in [1.54, 1.807) is 12.1 Å². The first-order chi connectivity index (χ1) is 11.0. The van der Waals surface area contributed by atoms with Crippen molar-refractivity contribution in [1.29, 1.82) is 0 Å². The number of nitro groups is 1. The fraction of sp³-hybridized carbons (Fsp3) is 0.267. The molecule has 0 amide bonds. The van der Waals surface area contributed by atoms with Crippen LogP contribution in [0, 0.1) is 10.1 Å². The Labute approximate surface area is 143 Å². The quantitative estimate of drug-likeness (QED) is 0.628. The lowest BCUT2D eigenvalue weighted by Crippen LogP contribution is -2.48. The number of rotatable bonds is 3. The van der Waals surface area contributed by atoms with Gasteiger partial charge in [-0.15, -0.1) is 0 Å². The summed E-state index contributed by atoms with van der Waals surface area (Å²) in [6, 6.07) is 8.89. The Morgan fingerprint density at radius 2 is 1.70 bits per heavy atom. The van der Waals surface area contributed by atoms with Crippen molar-refractivity contribution in [3.8, 4) is 0 Å². The number of hydrogen-bond acceptors (Lipinski definition) is 4. The van der Waals surface area contributed by atoms with Gasteiger partial charge in [0, 0.05) is 17.8 Å². The van der Waals surface area contributed by atoms with E-state index in [4.69, 9.17) is 23.2 Å². The SMILES string of the molecule is O=[N+]([O-])c1ccc(N2CCN(c3ccc(Cl)c(Cl)c3)CC2)[nH+]c1. The average Bonchev–Trinajstić information content (AvgIpc) is 2.57. The largest absolute Gasteiger partial charge is 0.364 e. The Hall–Kier alpha value is -2.05. The maximum Gasteiger partial charge on any atom is 0.308 e. The van der Waals surface area contributed by atoms with Gasteiger partial charge in [-0.3, -0.25) is 15.0 Å². The van der Waals surface area contributed by atoms with Crippen molar-refractivity contribution in [3.63, 3.8) is 0 Å². The van der Waals surface area contributed by atoms with Crippen LogP contribution >= 0.6 is 23.2 Å². The van der Waals surface area contributed by atoms with Gasteiger partial charge in [-0.25, -0.2) is 4.98 Å². The smallest absolute Gasteiger partial charge is 0.308 e. The number of H-pyrrole nitrogens is 1. The Balaban J connectivity index is 1.65. The van der Waals surface area contributed by atoms with Crippen LogP contribution in [0.5, 0.6) is 0 Å². The van der Waals surface area contributed by atoms with Crippen molar-refractivity contribution in [2.45, 2.75) is 0 Å². The van der Waals surface area contributed by atoms with Crippen molar-refractivity contribution >= 4 is 40.4 Å². The third-order valence-corrected chi connectivity index (χ3v) is 4.62. The van der Waals surface area contributed by atoms with Gasteiger partial charge in [-0.2, -0.15) is 0 Å². The van der Waals surface area contributed by atoms with E-state index in [-0.39, 0.29) is 5.69 Å². The van der Waals surface area contributed by atoms with Gasteiger partial charge in [0.2, 0.25) is 0 Å². The molecule has 1 aliphatic rings. The molecule has 8 heteroatoms. The summed E-state index contributed by atoms with van der Waals surface area (Å²) in [6.07, 6.45) is 1.42. The number of benzene rings is 1. The summed E-state index contributed by atoms with van der Waals surface area (Å²) in [5.41, 5.74) is 1.11. The zero-order valence-electron chi connectivity index (χ0n) is 12.2. The number of aromatic nitrogens is 1. The summed E-state index contributed by atoms with van der Waals surface area (Å²) in [5.74, 6) is 0.879. The first kappa shape index (κ1) is 15.8. The zero-order valence-corrected chi connectivity index (χ0v) is 13.7. The van der Waals surface area contributed by atoms with Crippen LogP contribution in [0.2, 0.25) is 10.0 Å². The standard InChI is InChI=1S/C15H14Cl2N4O2/c16-13-3-1-11(9-14(13)17)19-5-7-20(8-6-19)15-4-2-12(10-18-15)21(22)23/h1-4,9-10H,5-8H2/p+1. The number of nitrogens with zero attached hydrogens (tertiary/aromatic N) is 3. The summed E-state index contributed by atoms with van der Waals surface area (Å²) < 4.78 is 0. The predicted octanol–water partition coefficient (Wildman–Crippen LogP) is 3.04. The molecule has 0 aliphatic carbocycles. The lowest BCUT2D eigenvalue weighted by Gasteiger charge is -2.32. The summed E-state index contributed by atoms with van der Waals surface area (Å²) in [6.45, 7) is 3.30. The lowest BCUT2D eigenvalue weighted by atomic mass is 10.2. The highest BCUT2D eigenvalue weighted by Crippen LogP contribution is 2.28. The van der Waals surface area contributed by atoms with Crippen molar-refractivity contribution < 1.29 is 9.91 Å². The maximum absolute atomic E-state index is 10.7. The minimum atomic E-state index is -0.414. The van der Waals surface area contributed by atoms with E-state index >= 15 is 0 Å². The van der Waals surface area contributed by atoms with Gasteiger partial charge in [-0.05, 0) is 18.2 Å². The third kappa shape index (κ3) is 3.48. The van der Waals surface area contributed by atoms with E-state index in [2.05, 4.69) is 14.8 Å². The average molecular weight is 354 g/mol. The van der Waals surface area contributed by atoms with Gasteiger partial charge < -0.3 is 4.90 Å². The number of pyridine rings is 1. The summed E-state index contributed by atoms with van der Waals surface area (Å²) >= 11 is 12.0. The van der Waals surface area contributed by atoms with Gasteiger partial charge in [0.15, 0.2) is 6.20 Å². The monoisotopic (exact) mass is 353 g/mol. The molecule has 2 aromatic rings. The molecule has 0 saturated carbocycles. The fourth-order valence-corrected chi connectivity index (χ4v) is 2.90. The number of nitrogens with one attached hydrogen (secondary N) is 1. The van der Waals surface area contributed by atoms with Gasteiger partial charge in [-0.1, -0.05) is 23.2 Å². The van der Waals surface area contributed by atoms with Crippen LogP contribution in [0.4, 0.5) is 17.2 Å². The molecule has 0 atom stereocenters. The molecule has 1 aromatic carbocycles. The fourth-order valence-electron chi connectivity index (χ4n) is 2.61. The molecule has 0 bridgehead atoms. The number of hydrogen-bond donors (Lipinski definition) is 0. The van der Waals surface area contributed by atoms with E-state index in [0.29, 0.717) is 10.0 Å². The topological polar surface area (TPSA) is 63.8 Å². The Bertz CT molecular complexity index is 716. The first-order valence-electron chi connectivity index (χ1n) is 7.15. The minimum absolute atomic E-state index is 0.0585. The van der Waals surface area contributed by atoms with Gasteiger partial charge >= 0.3 is 5.69 Å². The summed E-state index contributed by atoms with van der Waals surface area (Å²) in [5, 5.41) is 11.8. The van der Waals surface area contributed by atoms with Gasteiger partial charge in [0.1, 0.15) is 13.1 Å². The van der Waals surface area contributed by atoms with Crippen LogP contribution in [0.3, 0.4) is 0 Å². The van der Waals surface area contributed by atoms with E-state index in [1.807, 2.05) is 12.1 Å². The van der Waals surface area contributed by atoms with Crippen molar-refractivity contribution in [1.82, 2.24) is 0 Å². The second-order valence-corrected chi connectivity index (χ2v) is 6.08. The van der Waals surface area contributed by atoms with Crippen molar-refractivity contribution in [2.75, 3.05) is 36.0 Å². The van der Waals surface area contributed by atoms with Crippen LogP contribution in [0.1, 0.15) is 0 Å².